The predicted molar refractivity (Wildman–Crippen MR) is 40.7 cm³/mol. The molecule has 3 heteroatoms. The van der Waals surface area contributed by atoms with E-state index in [4.69, 9.17) is 9.47 Å². The second kappa shape index (κ2) is 2.72. The highest BCUT2D eigenvalue weighted by atomic mass is 16.7. The van der Waals surface area contributed by atoms with Crippen molar-refractivity contribution in [2.24, 2.45) is 0 Å². The first kappa shape index (κ1) is 6.95. The van der Waals surface area contributed by atoms with Gasteiger partial charge in [0.1, 0.15) is 0 Å². The maximum Gasteiger partial charge on any atom is 0.549 e. The Kier molecular flexibility index (Phi) is 1.72. The molecule has 1 fully saturated rings. The number of hydrogen-bond donors (Lipinski definition) is 0. The molecule has 0 radical (unpaired) electrons. The van der Waals surface area contributed by atoms with Gasteiger partial charge < -0.3 is 9.47 Å². The van der Waals surface area contributed by atoms with Gasteiger partial charge in [-0.2, -0.15) is 4.58 Å². The molecule has 0 aromatic heterocycles. The molecule has 2 heterocycles. The van der Waals surface area contributed by atoms with Crippen LogP contribution in [0.4, 0.5) is 0 Å². The van der Waals surface area contributed by atoms with E-state index in [0.717, 1.165) is 19.2 Å². The second-order valence-corrected chi connectivity index (χ2v) is 3.00. The lowest BCUT2D eigenvalue weighted by Crippen LogP contribution is -2.20. The van der Waals surface area contributed by atoms with Crippen LogP contribution in [0.15, 0.2) is 0 Å². The van der Waals surface area contributed by atoms with Crippen molar-refractivity contribution in [3.63, 3.8) is 0 Å². The minimum Gasteiger partial charge on any atom is -0.415 e. The average Bonchev–Trinajstić information content (AvgIpc) is 2.53. The molecule has 2 aliphatic heterocycles. The Bertz CT molecular complexity index is 189. The standard InChI is InChI=1S/C8H14NO2/c1-2-10-8-9-5-3-4-7(9)6-11-8/h7H,2-6H2,1H3/q+1/t7-/m0/s1. The third-order valence-corrected chi connectivity index (χ3v) is 2.28. The summed E-state index contributed by atoms with van der Waals surface area (Å²) in [6.45, 7) is 4.63. The topological polar surface area (TPSA) is 21.5 Å². The van der Waals surface area contributed by atoms with Crippen LogP contribution in [0.3, 0.4) is 0 Å². The Balaban J connectivity index is 2.11. The Morgan fingerprint density at radius 3 is 3.45 bits per heavy atom. The van der Waals surface area contributed by atoms with E-state index in [2.05, 4.69) is 4.58 Å². The number of fused-ring (bicyclic) bond motifs is 1. The van der Waals surface area contributed by atoms with Gasteiger partial charge in [0.15, 0.2) is 19.2 Å². The van der Waals surface area contributed by atoms with Crippen LogP contribution < -0.4 is 0 Å². The van der Waals surface area contributed by atoms with E-state index in [-0.39, 0.29) is 0 Å². The summed E-state index contributed by atoms with van der Waals surface area (Å²) in [5.41, 5.74) is 0. The van der Waals surface area contributed by atoms with Gasteiger partial charge in [-0.25, -0.2) is 0 Å². The van der Waals surface area contributed by atoms with Gasteiger partial charge >= 0.3 is 6.08 Å². The van der Waals surface area contributed by atoms with Gasteiger partial charge in [0.05, 0.1) is 6.61 Å². The summed E-state index contributed by atoms with van der Waals surface area (Å²) in [5, 5.41) is 0. The van der Waals surface area contributed by atoms with Gasteiger partial charge in [0, 0.05) is 12.8 Å². The summed E-state index contributed by atoms with van der Waals surface area (Å²) in [7, 11) is 0. The van der Waals surface area contributed by atoms with Gasteiger partial charge in [-0.3, -0.25) is 0 Å². The Hall–Kier alpha value is -0.730. The second-order valence-electron chi connectivity index (χ2n) is 3.00. The van der Waals surface area contributed by atoms with Crippen molar-refractivity contribution >= 4 is 6.08 Å². The van der Waals surface area contributed by atoms with Gasteiger partial charge in [0.25, 0.3) is 0 Å². The normalized spacial score (nSPS) is 28.6. The van der Waals surface area contributed by atoms with E-state index in [1.54, 1.807) is 0 Å². The van der Waals surface area contributed by atoms with E-state index in [9.17, 15) is 0 Å². The van der Waals surface area contributed by atoms with Crippen molar-refractivity contribution in [2.45, 2.75) is 25.8 Å². The lowest BCUT2D eigenvalue weighted by Gasteiger charge is -1.96. The largest absolute Gasteiger partial charge is 0.549 e. The maximum absolute atomic E-state index is 5.38. The molecular weight excluding hydrogens is 142 g/mol. The third kappa shape index (κ3) is 1.08. The van der Waals surface area contributed by atoms with E-state index < -0.39 is 0 Å². The molecule has 0 saturated carbocycles. The summed E-state index contributed by atoms with van der Waals surface area (Å²) in [4.78, 5) is 0. The van der Waals surface area contributed by atoms with Crippen LogP contribution in [0.25, 0.3) is 0 Å². The zero-order valence-corrected chi connectivity index (χ0v) is 6.88. The minimum atomic E-state index is 0.608. The van der Waals surface area contributed by atoms with Crippen LogP contribution in [-0.2, 0) is 9.47 Å². The first-order valence-electron chi connectivity index (χ1n) is 4.31. The van der Waals surface area contributed by atoms with Crippen LogP contribution in [0.1, 0.15) is 19.8 Å². The molecular formula is C8H14NO2+. The van der Waals surface area contributed by atoms with Crippen molar-refractivity contribution in [1.82, 2.24) is 0 Å². The van der Waals surface area contributed by atoms with Crippen LogP contribution in [0.5, 0.6) is 0 Å². The van der Waals surface area contributed by atoms with Gasteiger partial charge in [-0.05, 0) is 6.92 Å². The number of ether oxygens (including phenoxy) is 2. The quantitative estimate of drug-likeness (QED) is 0.518. The fourth-order valence-corrected chi connectivity index (χ4v) is 1.75. The molecule has 0 amide bonds. The van der Waals surface area contributed by atoms with Gasteiger partial charge in [-0.15, -0.1) is 0 Å². The van der Waals surface area contributed by atoms with Crippen molar-refractivity contribution in [1.29, 1.82) is 0 Å². The SMILES string of the molecule is CCOC1=[N+]2CCC[C@H]2CO1. The Morgan fingerprint density at radius 1 is 1.73 bits per heavy atom. The fourth-order valence-electron chi connectivity index (χ4n) is 1.75. The molecule has 0 aromatic rings. The van der Waals surface area contributed by atoms with Crippen molar-refractivity contribution in [3.8, 4) is 0 Å². The molecule has 0 bridgehead atoms. The molecule has 0 spiro atoms. The van der Waals surface area contributed by atoms with Crippen molar-refractivity contribution in [3.05, 3.63) is 0 Å². The summed E-state index contributed by atoms with van der Waals surface area (Å²) < 4.78 is 13.0. The monoisotopic (exact) mass is 156 g/mol. The average molecular weight is 156 g/mol. The smallest absolute Gasteiger partial charge is 0.415 e. The van der Waals surface area contributed by atoms with E-state index in [1.807, 2.05) is 6.92 Å². The van der Waals surface area contributed by atoms with E-state index in [1.165, 1.54) is 12.8 Å². The van der Waals surface area contributed by atoms with Gasteiger partial charge in [0.2, 0.25) is 0 Å². The first-order chi connectivity index (χ1) is 5.42. The summed E-state index contributed by atoms with van der Waals surface area (Å²) in [5.74, 6) is 0. The molecule has 0 unspecified atom stereocenters. The maximum atomic E-state index is 5.38. The van der Waals surface area contributed by atoms with Crippen molar-refractivity contribution in [2.75, 3.05) is 19.8 Å². The number of nitrogens with zero attached hydrogens (tertiary/aromatic N) is 1. The van der Waals surface area contributed by atoms with Crippen LogP contribution in [-0.4, -0.2) is 36.5 Å². The van der Waals surface area contributed by atoms with Crippen LogP contribution in [0.2, 0.25) is 0 Å². The molecule has 3 nitrogen and oxygen atoms in total. The highest BCUT2D eigenvalue weighted by Gasteiger charge is 2.40. The lowest BCUT2D eigenvalue weighted by atomic mass is 10.2. The molecule has 1 atom stereocenters. The highest BCUT2D eigenvalue weighted by molar-refractivity contribution is 5.62. The summed E-state index contributed by atoms with van der Waals surface area (Å²) in [6, 6.07) is 0.608. The molecule has 11 heavy (non-hydrogen) atoms. The first-order valence-corrected chi connectivity index (χ1v) is 4.31. The molecule has 2 rings (SSSR count). The molecule has 0 aliphatic carbocycles. The fraction of sp³-hybridized carbons (Fsp3) is 0.875. The van der Waals surface area contributed by atoms with E-state index >= 15 is 0 Å². The molecule has 2 aliphatic rings. The minimum absolute atomic E-state index is 0.608. The zero-order valence-electron chi connectivity index (χ0n) is 6.88. The van der Waals surface area contributed by atoms with Crippen molar-refractivity contribution < 1.29 is 14.0 Å². The highest BCUT2D eigenvalue weighted by Crippen LogP contribution is 2.18. The molecule has 0 aromatic carbocycles. The van der Waals surface area contributed by atoms with Gasteiger partial charge in [-0.1, -0.05) is 0 Å². The molecule has 1 saturated heterocycles. The molecule has 0 N–H and O–H groups in total. The Labute approximate surface area is 66.6 Å². The Morgan fingerprint density at radius 2 is 2.64 bits per heavy atom. The predicted octanol–water partition coefficient (Wildman–Crippen LogP) is 0.584. The lowest BCUT2D eigenvalue weighted by molar-refractivity contribution is -0.541. The van der Waals surface area contributed by atoms with E-state index in [0.29, 0.717) is 12.6 Å². The number of rotatable bonds is 1. The summed E-state index contributed by atoms with van der Waals surface area (Å²) in [6.07, 6.45) is 3.30. The van der Waals surface area contributed by atoms with Crippen LogP contribution in [0, 0.1) is 0 Å². The third-order valence-electron chi connectivity index (χ3n) is 2.28. The zero-order chi connectivity index (χ0) is 7.68. The summed E-state index contributed by atoms with van der Waals surface area (Å²) >= 11 is 0. The molecule has 62 valence electrons. The van der Waals surface area contributed by atoms with Crippen LogP contribution >= 0.6 is 0 Å². The number of hydrogen-bond acceptors (Lipinski definition) is 2.